The molecule has 0 aliphatic heterocycles. The minimum absolute atomic E-state index is 0.0264. The average molecular weight is 338 g/mol. The molecule has 1 atom stereocenters. The van der Waals surface area contributed by atoms with Gasteiger partial charge in [-0.15, -0.1) is 0 Å². The fourth-order valence-corrected chi connectivity index (χ4v) is 3.21. The van der Waals surface area contributed by atoms with Crippen molar-refractivity contribution in [2.75, 3.05) is 6.54 Å². The highest BCUT2D eigenvalue weighted by Crippen LogP contribution is 2.20. The minimum atomic E-state index is -0.181. The van der Waals surface area contributed by atoms with Crippen LogP contribution in [0.25, 0.3) is 11.0 Å². The SMILES string of the molecule is CCN(C(=O)Cn1c(=O)n(C)c2ccccc21)C(C)c1cccnc1. The Labute approximate surface area is 146 Å². The van der Waals surface area contributed by atoms with E-state index in [0.29, 0.717) is 6.54 Å². The molecular weight excluding hydrogens is 316 g/mol. The van der Waals surface area contributed by atoms with Crippen LogP contribution < -0.4 is 5.69 Å². The molecule has 0 N–H and O–H groups in total. The van der Waals surface area contributed by atoms with Gasteiger partial charge in [-0.25, -0.2) is 4.79 Å². The minimum Gasteiger partial charge on any atom is -0.335 e. The highest BCUT2D eigenvalue weighted by molar-refractivity contribution is 5.81. The molecule has 0 radical (unpaired) electrons. The monoisotopic (exact) mass is 338 g/mol. The number of aryl methyl sites for hydroxylation is 1. The Morgan fingerprint density at radius 2 is 1.92 bits per heavy atom. The first kappa shape index (κ1) is 17.0. The van der Waals surface area contributed by atoms with Crippen molar-refractivity contribution in [2.24, 2.45) is 7.05 Å². The first-order valence-electron chi connectivity index (χ1n) is 8.38. The number of hydrogen-bond acceptors (Lipinski definition) is 3. The van der Waals surface area contributed by atoms with Crippen LogP contribution in [0, 0.1) is 0 Å². The van der Waals surface area contributed by atoms with Crippen LogP contribution in [0.1, 0.15) is 25.5 Å². The van der Waals surface area contributed by atoms with Crippen LogP contribution in [0.2, 0.25) is 0 Å². The van der Waals surface area contributed by atoms with E-state index in [0.717, 1.165) is 16.6 Å². The number of pyridine rings is 1. The van der Waals surface area contributed by atoms with Crippen molar-refractivity contribution >= 4 is 16.9 Å². The molecule has 0 aliphatic rings. The number of benzene rings is 1. The number of carbonyl (C=O) groups is 1. The maximum Gasteiger partial charge on any atom is 0.329 e. The van der Waals surface area contributed by atoms with Crippen LogP contribution in [0.3, 0.4) is 0 Å². The standard InChI is InChI=1S/C19H22N4O2/c1-4-22(14(2)15-8-7-11-20-12-15)18(24)13-23-17-10-6-5-9-16(17)21(3)19(23)25/h5-12,14H,4,13H2,1-3H3. The maximum absolute atomic E-state index is 12.9. The third-order valence-corrected chi connectivity index (χ3v) is 4.64. The molecule has 3 rings (SSSR count). The first-order valence-corrected chi connectivity index (χ1v) is 8.38. The molecule has 0 fully saturated rings. The van der Waals surface area contributed by atoms with Gasteiger partial charge in [0.25, 0.3) is 0 Å². The number of hydrogen-bond donors (Lipinski definition) is 0. The van der Waals surface area contributed by atoms with Crippen LogP contribution in [0.4, 0.5) is 0 Å². The number of amides is 1. The third kappa shape index (κ3) is 3.07. The second kappa shape index (κ2) is 6.93. The number of imidazole rings is 1. The van der Waals surface area contributed by atoms with Gasteiger partial charge in [0, 0.05) is 26.0 Å². The number of nitrogens with zero attached hydrogens (tertiary/aromatic N) is 4. The van der Waals surface area contributed by atoms with Crippen molar-refractivity contribution in [1.29, 1.82) is 0 Å². The lowest BCUT2D eigenvalue weighted by atomic mass is 10.1. The maximum atomic E-state index is 12.9. The summed E-state index contributed by atoms with van der Waals surface area (Å²) >= 11 is 0. The van der Waals surface area contributed by atoms with E-state index >= 15 is 0 Å². The smallest absolute Gasteiger partial charge is 0.329 e. The van der Waals surface area contributed by atoms with Gasteiger partial charge in [-0.05, 0) is 37.6 Å². The van der Waals surface area contributed by atoms with E-state index in [1.165, 1.54) is 4.57 Å². The number of carbonyl (C=O) groups excluding carboxylic acids is 1. The van der Waals surface area contributed by atoms with Crippen LogP contribution in [0.5, 0.6) is 0 Å². The van der Waals surface area contributed by atoms with Gasteiger partial charge in [-0.1, -0.05) is 18.2 Å². The van der Waals surface area contributed by atoms with E-state index in [1.54, 1.807) is 28.9 Å². The predicted octanol–water partition coefficient (Wildman–Crippen LogP) is 2.34. The summed E-state index contributed by atoms with van der Waals surface area (Å²) in [5, 5.41) is 0. The molecule has 1 amide bonds. The molecule has 2 aromatic heterocycles. The largest absolute Gasteiger partial charge is 0.335 e. The summed E-state index contributed by atoms with van der Waals surface area (Å²) < 4.78 is 3.11. The Morgan fingerprint density at radius 3 is 2.56 bits per heavy atom. The summed E-state index contributed by atoms with van der Waals surface area (Å²) in [6.07, 6.45) is 3.48. The topological polar surface area (TPSA) is 60.1 Å². The fraction of sp³-hybridized carbons (Fsp3) is 0.316. The van der Waals surface area contributed by atoms with Crippen LogP contribution in [-0.4, -0.2) is 31.5 Å². The molecular formula is C19H22N4O2. The lowest BCUT2D eigenvalue weighted by molar-refractivity contribution is -0.133. The Bertz CT molecular complexity index is 943. The summed E-state index contributed by atoms with van der Waals surface area (Å²) in [5.41, 5.74) is 2.39. The Kier molecular flexibility index (Phi) is 4.70. The number of aromatic nitrogens is 3. The molecule has 6 heteroatoms. The number of likely N-dealkylation sites (N-methyl/N-ethyl adjacent to an activating group) is 1. The van der Waals surface area contributed by atoms with Crippen LogP contribution >= 0.6 is 0 Å². The molecule has 0 saturated carbocycles. The zero-order valence-corrected chi connectivity index (χ0v) is 14.7. The van der Waals surface area contributed by atoms with Crippen molar-refractivity contribution in [1.82, 2.24) is 19.0 Å². The van der Waals surface area contributed by atoms with Crippen molar-refractivity contribution in [2.45, 2.75) is 26.4 Å². The zero-order valence-electron chi connectivity index (χ0n) is 14.7. The van der Waals surface area contributed by atoms with Gasteiger partial charge in [0.1, 0.15) is 6.54 Å². The molecule has 2 heterocycles. The van der Waals surface area contributed by atoms with E-state index < -0.39 is 0 Å². The van der Waals surface area contributed by atoms with Gasteiger partial charge in [0.05, 0.1) is 17.1 Å². The van der Waals surface area contributed by atoms with Gasteiger partial charge in [-0.3, -0.25) is 18.9 Å². The first-order chi connectivity index (χ1) is 12.0. The molecule has 6 nitrogen and oxygen atoms in total. The molecule has 25 heavy (non-hydrogen) atoms. The van der Waals surface area contributed by atoms with Crippen LogP contribution in [-0.2, 0) is 18.4 Å². The van der Waals surface area contributed by atoms with Crippen molar-refractivity contribution < 1.29 is 4.79 Å². The van der Waals surface area contributed by atoms with E-state index in [-0.39, 0.29) is 24.2 Å². The van der Waals surface area contributed by atoms with E-state index in [2.05, 4.69) is 4.98 Å². The second-order valence-corrected chi connectivity index (χ2v) is 6.06. The van der Waals surface area contributed by atoms with Crippen LogP contribution in [0.15, 0.2) is 53.6 Å². The quantitative estimate of drug-likeness (QED) is 0.717. The normalized spacial score (nSPS) is 12.3. The van der Waals surface area contributed by atoms with E-state index in [4.69, 9.17) is 0 Å². The number of fused-ring (bicyclic) bond motifs is 1. The van der Waals surface area contributed by atoms with Gasteiger partial charge >= 0.3 is 5.69 Å². The number of rotatable bonds is 5. The summed E-state index contributed by atoms with van der Waals surface area (Å²) in [6.45, 7) is 4.51. The van der Waals surface area contributed by atoms with Gasteiger partial charge < -0.3 is 4.90 Å². The van der Waals surface area contributed by atoms with Crippen molar-refractivity contribution in [3.63, 3.8) is 0 Å². The zero-order chi connectivity index (χ0) is 18.0. The predicted molar refractivity (Wildman–Crippen MR) is 97.2 cm³/mol. The Balaban J connectivity index is 1.91. The third-order valence-electron chi connectivity index (χ3n) is 4.64. The summed E-state index contributed by atoms with van der Waals surface area (Å²) in [6, 6.07) is 11.2. The highest BCUT2D eigenvalue weighted by atomic mass is 16.2. The molecule has 1 aromatic carbocycles. The highest BCUT2D eigenvalue weighted by Gasteiger charge is 2.22. The molecule has 0 saturated heterocycles. The second-order valence-electron chi connectivity index (χ2n) is 6.06. The summed E-state index contributed by atoms with van der Waals surface area (Å²) in [4.78, 5) is 31.3. The fourth-order valence-electron chi connectivity index (χ4n) is 3.21. The average Bonchev–Trinajstić information content (AvgIpc) is 2.88. The lowest BCUT2D eigenvalue weighted by Gasteiger charge is -2.28. The molecule has 3 aromatic rings. The van der Waals surface area contributed by atoms with Gasteiger partial charge in [-0.2, -0.15) is 0 Å². The Hall–Kier alpha value is -2.89. The molecule has 0 spiro atoms. The van der Waals surface area contributed by atoms with E-state index in [1.807, 2.05) is 50.2 Å². The molecule has 1 unspecified atom stereocenters. The van der Waals surface area contributed by atoms with Crippen molar-refractivity contribution in [3.8, 4) is 0 Å². The molecule has 130 valence electrons. The Morgan fingerprint density at radius 1 is 1.20 bits per heavy atom. The molecule has 0 aliphatic carbocycles. The number of para-hydroxylation sites is 2. The molecule has 0 bridgehead atoms. The summed E-state index contributed by atoms with van der Waals surface area (Å²) in [7, 11) is 1.72. The van der Waals surface area contributed by atoms with Crippen molar-refractivity contribution in [3.05, 3.63) is 64.8 Å². The van der Waals surface area contributed by atoms with E-state index in [9.17, 15) is 9.59 Å². The lowest BCUT2D eigenvalue weighted by Crippen LogP contribution is -2.38. The van der Waals surface area contributed by atoms with Gasteiger partial charge in [0.2, 0.25) is 5.91 Å². The van der Waals surface area contributed by atoms with Gasteiger partial charge in [0.15, 0.2) is 0 Å². The summed E-state index contributed by atoms with van der Waals surface area (Å²) in [5.74, 6) is -0.0858.